The monoisotopic (exact) mass is 257 g/mol. The molecule has 1 rings (SSSR count). The second-order valence-corrected chi connectivity index (χ2v) is 3.75. The molecule has 0 saturated heterocycles. The molecule has 0 radical (unpaired) electrons. The minimum absolute atomic E-state index is 0.473. The lowest BCUT2D eigenvalue weighted by molar-refractivity contribution is -0.140. The van der Waals surface area contributed by atoms with Crippen molar-refractivity contribution in [3.05, 3.63) is 35.1 Å². The Bertz CT molecular complexity index is 410. The van der Waals surface area contributed by atoms with Gasteiger partial charge in [-0.1, -0.05) is 12.1 Å². The molecule has 1 aromatic rings. The maximum Gasteiger partial charge on any atom is 0.419 e. The van der Waals surface area contributed by atoms with Crippen LogP contribution in [0.1, 0.15) is 18.1 Å². The van der Waals surface area contributed by atoms with Gasteiger partial charge < -0.3 is 5.73 Å². The van der Waals surface area contributed by atoms with E-state index in [2.05, 4.69) is 0 Å². The third-order valence-electron chi connectivity index (χ3n) is 2.34. The molecular weight excluding hydrogens is 248 g/mol. The van der Waals surface area contributed by atoms with Crippen molar-refractivity contribution < 1.29 is 26.3 Å². The van der Waals surface area contributed by atoms with Gasteiger partial charge in [0.05, 0.1) is 5.56 Å². The van der Waals surface area contributed by atoms with Gasteiger partial charge in [-0.15, -0.1) is 0 Å². The fraction of sp³-hybridized carbons (Fsp3) is 0.400. The summed E-state index contributed by atoms with van der Waals surface area (Å²) in [7, 11) is 0. The summed E-state index contributed by atoms with van der Waals surface area (Å²) < 4.78 is 75.6. The van der Waals surface area contributed by atoms with Gasteiger partial charge in [-0.05, 0) is 13.0 Å². The van der Waals surface area contributed by atoms with Crippen molar-refractivity contribution in [2.24, 2.45) is 5.73 Å². The minimum atomic E-state index is -4.95. The summed E-state index contributed by atoms with van der Waals surface area (Å²) >= 11 is 0. The van der Waals surface area contributed by atoms with E-state index in [0.717, 1.165) is 19.1 Å². The zero-order valence-corrected chi connectivity index (χ0v) is 8.65. The third-order valence-corrected chi connectivity index (χ3v) is 2.34. The Labute approximate surface area is 93.2 Å². The van der Waals surface area contributed by atoms with Crippen molar-refractivity contribution in [3.8, 4) is 0 Å². The molecule has 96 valence electrons. The van der Waals surface area contributed by atoms with Crippen LogP contribution in [0.3, 0.4) is 0 Å². The predicted octanol–water partition coefficient (Wildman–Crippen LogP) is 3.28. The maximum atomic E-state index is 13.5. The molecule has 0 aromatic heterocycles. The van der Waals surface area contributed by atoms with E-state index in [1.165, 1.54) is 0 Å². The average molecular weight is 257 g/mol. The van der Waals surface area contributed by atoms with Gasteiger partial charge in [0.25, 0.3) is 6.43 Å². The van der Waals surface area contributed by atoms with E-state index in [4.69, 9.17) is 5.73 Å². The number of alkyl halides is 5. The summed E-state index contributed by atoms with van der Waals surface area (Å²) in [5, 5.41) is 0. The lowest BCUT2D eigenvalue weighted by atomic mass is 9.91. The molecule has 7 heteroatoms. The minimum Gasteiger partial charge on any atom is -0.317 e. The SMILES string of the molecule is CC(N)(c1cccc(C(F)(F)F)c1F)C(F)F. The van der Waals surface area contributed by atoms with Crippen LogP contribution in [0.5, 0.6) is 0 Å². The molecule has 0 aliphatic carbocycles. The summed E-state index contributed by atoms with van der Waals surface area (Å²) in [6.07, 6.45) is -8.13. The van der Waals surface area contributed by atoms with E-state index >= 15 is 0 Å². The normalized spacial score (nSPS) is 16.1. The first-order valence-corrected chi connectivity index (χ1v) is 4.51. The van der Waals surface area contributed by atoms with Crippen LogP contribution in [0.2, 0.25) is 0 Å². The fourth-order valence-electron chi connectivity index (χ4n) is 1.28. The van der Waals surface area contributed by atoms with Gasteiger partial charge in [-0.2, -0.15) is 13.2 Å². The van der Waals surface area contributed by atoms with E-state index in [1.807, 2.05) is 0 Å². The average Bonchev–Trinajstić information content (AvgIpc) is 2.15. The highest BCUT2D eigenvalue weighted by Gasteiger charge is 2.40. The first-order valence-electron chi connectivity index (χ1n) is 4.51. The predicted molar refractivity (Wildman–Crippen MR) is 48.9 cm³/mol. The number of hydrogen-bond donors (Lipinski definition) is 1. The smallest absolute Gasteiger partial charge is 0.317 e. The van der Waals surface area contributed by atoms with Crippen LogP contribution < -0.4 is 5.73 Å². The second-order valence-electron chi connectivity index (χ2n) is 3.75. The molecule has 0 aliphatic heterocycles. The van der Waals surface area contributed by atoms with Crippen LogP contribution in [-0.2, 0) is 11.7 Å². The quantitative estimate of drug-likeness (QED) is 0.808. The van der Waals surface area contributed by atoms with Crippen molar-refractivity contribution in [3.63, 3.8) is 0 Å². The van der Waals surface area contributed by atoms with Gasteiger partial charge in [0.2, 0.25) is 0 Å². The number of benzene rings is 1. The number of hydrogen-bond acceptors (Lipinski definition) is 1. The summed E-state index contributed by atoms with van der Waals surface area (Å²) in [4.78, 5) is 0. The largest absolute Gasteiger partial charge is 0.419 e. The van der Waals surface area contributed by atoms with Crippen molar-refractivity contribution >= 4 is 0 Å². The molecule has 1 aromatic carbocycles. The Hall–Kier alpha value is -1.24. The lowest BCUT2D eigenvalue weighted by Crippen LogP contribution is -2.41. The van der Waals surface area contributed by atoms with Crippen LogP contribution in [-0.4, -0.2) is 6.43 Å². The molecule has 2 N–H and O–H groups in total. The van der Waals surface area contributed by atoms with E-state index in [1.54, 1.807) is 0 Å². The third kappa shape index (κ3) is 2.54. The van der Waals surface area contributed by atoms with Gasteiger partial charge in [-0.3, -0.25) is 0 Å². The van der Waals surface area contributed by atoms with Gasteiger partial charge in [0, 0.05) is 5.56 Å². The molecule has 0 bridgehead atoms. The molecule has 0 heterocycles. The fourth-order valence-corrected chi connectivity index (χ4v) is 1.28. The lowest BCUT2D eigenvalue weighted by Gasteiger charge is -2.25. The van der Waals surface area contributed by atoms with Crippen LogP contribution in [0.4, 0.5) is 26.3 Å². The highest BCUT2D eigenvalue weighted by atomic mass is 19.4. The molecule has 0 aliphatic rings. The van der Waals surface area contributed by atoms with E-state index in [9.17, 15) is 26.3 Å². The van der Waals surface area contributed by atoms with Gasteiger partial charge in [0.15, 0.2) is 0 Å². The van der Waals surface area contributed by atoms with Crippen LogP contribution in [0, 0.1) is 5.82 Å². The maximum absolute atomic E-state index is 13.5. The highest BCUT2D eigenvalue weighted by Crippen LogP contribution is 2.36. The van der Waals surface area contributed by atoms with Crippen molar-refractivity contribution in [2.75, 3.05) is 0 Å². The first kappa shape index (κ1) is 13.8. The molecule has 17 heavy (non-hydrogen) atoms. The van der Waals surface area contributed by atoms with Crippen LogP contribution >= 0.6 is 0 Å². The Kier molecular flexibility index (Phi) is 3.42. The standard InChI is InChI=1S/C10H9F6N/c1-9(17,8(12)13)5-3-2-4-6(7(5)11)10(14,15)16/h2-4,8H,17H2,1H3. The summed E-state index contributed by atoms with van der Waals surface area (Å²) in [6.45, 7) is 0.774. The topological polar surface area (TPSA) is 26.0 Å². The van der Waals surface area contributed by atoms with Gasteiger partial charge in [0.1, 0.15) is 11.4 Å². The van der Waals surface area contributed by atoms with Gasteiger partial charge >= 0.3 is 6.18 Å². The zero-order valence-electron chi connectivity index (χ0n) is 8.65. The van der Waals surface area contributed by atoms with Crippen LogP contribution in [0.25, 0.3) is 0 Å². The van der Waals surface area contributed by atoms with Gasteiger partial charge in [-0.25, -0.2) is 13.2 Å². The van der Waals surface area contributed by atoms with E-state index in [0.29, 0.717) is 6.07 Å². The second kappa shape index (κ2) is 4.21. The molecule has 1 atom stereocenters. The van der Waals surface area contributed by atoms with Crippen LogP contribution in [0.15, 0.2) is 18.2 Å². The number of rotatable bonds is 2. The van der Waals surface area contributed by atoms with E-state index in [-0.39, 0.29) is 0 Å². The molecule has 0 amide bonds. The molecule has 0 fully saturated rings. The summed E-state index contributed by atoms with van der Waals surface area (Å²) in [5.41, 5.74) is 0.206. The summed E-state index contributed by atoms with van der Waals surface area (Å²) in [6, 6.07) is 2.13. The van der Waals surface area contributed by atoms with Crippen molar-refractivity contribution in [1.29, 1.82) is 0 Å². The molecule has 1 unspecified atom stereocenters. The number of nitrogens with two attached hydrogens (primary N) is 1. The van der Waals surface area contributed by atoms with Crippen molar-refractivity contribution in [2.45, 2.75) is 25.1 Å². The summed E-state index contributed by atoms with van der Waals surface area (Å²) in [5.74, 6) is -1.76. The molecule has 0 saturated carbocycles. The molecular formula is C10H9F6N. The zero-order chi connectivity index (χ0) is 13.4. The number of halogens is 6. The first-order chi connectivity index (χ1) is 7.58. The Balaban J connectivity index is 3.39. The van der Waals surface area contributed by atoms with E-state index < -0.39 is 35.1 Å². The Morgan fingerprint density at radius 1 is 1.12 bits per heavy atom. The Morgan fingerprint density at radius 3 is 2.00 bits per heavy atom. The molecule has 0 spiro atoms. The Morgan fingerprint density at radius 2 is 1.59 bits per heavy atom. The van der Waals surface area contributed by atoms with Crippen molar-refractivity contribution in [1.82, 2.24) is 0 Å². The molecule has 1 nitrogen and oxygen atoms in total. The highest BCUT2D eigenvalue weighted by molar-refractivity contribution is 5.33.